The summed E-state index contributed by atoms with van der Waals surface area (Å²) in [4.78, 5) is 29.0. The molecule has 0 saturated heterocycles. The van der Waals surface area contributed by atoms with Gasteiger partial charge in [0.1, 0.15) is 0 Å². The summed E-state index contributed by atoms with van der Waals surface area (Å²) in [7, 11) is 3.13. The third kappa shape index (κ3) is 1.53. The number of aromatic amines is 1. The molecule has 6 nitrogen and oxygen atoms in total. The molecule has 14 heavy (non-hydrogen) atoms. The monoisotopic (exact) mass is 220 g/mol. The Morgan fingerprint density at radius 1 is 1.36 bits per heavy atom. The molecule has 2 rings (SSSR count). The van der Waals surface area contributed by atoms with E-state index in [1.165, 1.54) is 13.4 Å². The van der Waals surface area contributed by atoms with Gasteiger partial charge in [0.05, 0.1) is 6.33 Å². The number of hydrogen-bond donors (Lipinski definition) is 1. The van der Waals surface area contributed by atoms with E-state index in [-0.39, 0.29) is 43.3 Å². The second kappa shape index (κ2) is 3.88. The minimum atomic E-state index is -0.448. The first-order valence-corrected chi connectivity index (χ1v) is 3.71. The summed E-state index contributed by atoms with van der Waals surface area (Å²) in [5.74, 6) is 0. The van der Waals surface area contributed by atoms with E-state index in [1.54, 1.807) is 11.6 Å². The third-order valence-corrected chi connectivity index (χ3v) is 1.97. The van der Waals surface area contributed by atoms with Gasteiger partial charge in [-0.25, -0.2) is 9.78 Å². The summed E-state index contributed by atoms with van der Waals surface area (Å²) in [6.07, 6.45) is 1.49. The van der Waals surface area contributed by atoms with Crippen LogP contribution in [0.15, 0.2) is 15.9 Å². The van der Waals surface area contributed by atoms with Crippen molar-refractivity contribution in [1.29, 1.82) is 0 Å². The van der Waals surface area contributed by atoms with Crippen LogP contribution in [0.25, 0.3) is 11.2 Å². The summed E-state index contributed by atoms with van der Waals surface area (Å²) in [5, 5.41) is 0. The van der Waals surface area contributed by atoms with Crippen molar-refractivity contribution in [1.82, 2.24) is 19.1 Å². The van der Waals surface area contributed by atoms with Crippen molar-refractivity contribution in [2.45, 2.75) is 0 Å². The molecule has 1 N–H and O–H groups in total. The predicted octanol–water partition coefficient (Wildman–Crippen LogP) is -1.42. The largest absolute Gasteiger partial charge is 0.329 e. The average Bonchev–Trinajstić information content (AvgIpc) is 2.43. The van der Waals surface area contributed by atoms with Crippen LogP contribution in [0.1, 0.15) is 0 Å². The Bertz CT molecular complexity index is 579. The number of fused-ring (bicyclic) bond motifs is 1. The molecule has 0 aliphatic rings. The average molecular weight is 220 g/mol. The van der Waals surface area contributed by atoms with Crippen molar-refractivity contribution in [3.8, 4) is 0 Å². The molecule has 0 aliphatic heterocycles. The topological polar surface area (TPSA) is 72.7 Å². The van der Waals surface area contributed by atoms with Crippen LogP contribution in [-0.4, -0.2) is 56.8 Å². The Kier molecular flexibility index (Phi) is 3.18. The van der Waals surface area contributed by atoms with Crippen molar-refractivity contribution in [3.63, 3.8) is 0 Å². The number of aryl methyl sites for hydroxylation is 1. The third-order valence-electron chi connectivity index (χ3n) is 1.97. The second-order valence-electron chi connectivity index (χ2n) is 2.85. The summed E-state index contributed by atoms with van der Waals surface area (Å²) in [6, 6.07) is 0. The molecular formula is C7H8CaN4O2. The molecule has 0 spiro atoms. The van der Waals surface area contributed by atoms with Gasteiger partial charge in [0, 0.05) is 51.8 Å². The molecule has 7 heteroatoms. The molecule has 2 radical (unpaired) electrons. The standard InChI is InChI=1S/C7H8N4O2.Ca/c1-10-3-8-5-4(10)6(12)11(2)7(13)9-5;/h3H,1-2H3,(H,9,13);. The Morgan fingerprint density at radius 3 is 2.64 bits per heavy atom. The maximum Gasteiger partial charge on any atom is 0.329 e. The van der Waals surface area contributed by atoms with E-state index in [2.05, 4.69) is 9.97 Å². The molecule has 2 heterocycles. The molecule has 0 amide bonds. The minimum absolute atomic E-state index is 0. The summed E-state index contributed by atoms with van der Waals surface area (Å²) >= 11 is 0. The van der Waals surface area contributed by atoms with E-state index in [4.69, 9.17) is 0 Å². The molecule has 0 aliphatic carbocycles. The summed E-state index contributed by atoms with van der Waals surface area (Å²) in [6.45, 7) is 0. The minimum Gasteiger partial charge on any atom is -0.328 e. The fraction of sp³-hybridized carbons (Fsp3) is 0.286. The maximum absolute atomic E-state index is 11.5. The first kappa shape index (κ1) is 11.5. The summed E-state index contributed by atoms with van der Waals surface area (Å²) < 4.78 is 2.59. The van der Waals surface area contributed by atoms with Crippen LogP contribution in [-0.2, 0) is 14.1 Å². The Morgan fingerprint density at radius 2 is 2.00 bits per heavy atom. The van der Waals surface area contributed by atoms with E-state index in [0.29, 0.717) is 11.2 Å². The molecule has 70 valence electrons. The molecular weight excluding hydrogens is 212 g/mol. The van der Waals surface area contributed by atoms with E-state index in [0.717, 1.165) is 4.57 Å². The molecule has 0 saturated carbocycles. The van der Waals surface area contributed by atoms with Gasteiger partial charge in [0.25, 0.3) is 5.56 Å². The van der Waals surface area contributed by atoms with Gasteiger partial charge in [-0.15, -0.1) is 0 Å². The number of rotatable bonds is 0. The molecule has 0 bridgehead atoms. The van der Waals surface area contributed by atoms with Crippen molar-refractivity contribution < 1.29 is 0 Å². The zero-order valence-corrected chi connectivity index (χ0v) is 10.2. The molecule has 0 fully saturated rings. The van der Waals surface area contributed by atoms with Crippen LogP contribution in [0.2, 0.25) is 0 Å². The molecule has 0 aromatic carbocycles. The van der Waals surface area contributed by atoms with Crippen molar-refractivity contribution >= 4 is 48.9 Å². The van der Waals surface area contributed by atoms with Crippen molar-refractivity contribution in [3.05, 3.63) is 27.2 Å². The van der Waals surface area contributed by atoms with E-state index in [9.17, 15) is 9.59 Å². The van der Waals surface area contributed by atoms with Gasteiger partial charge < -0.3 is 4.57 Å². The SMILES string of the molecule is Cn1c(=O)[nH]c2ncn(C)c2c1=O.[Ca]. The van der Waals surface area contributed by atoms with Gasteiger partial charge in [-0.3, -0.25) is 14.3 Å². The van der Waals surface area contributed by atoms with Crippen LogP contribution in [0.4, 0.5) is 0 Å². The zero-order valence-electron chi connectivity index (χ0n) is 7.94. The van der Waals surface area contributed by atoms with Crippen LogP contribution >= 0.6 is 0 Å². The Balaban J connectivity index is 0.000000980. The number of imidazole rings is 1. The Hall–Kier alpha value is -0.590. The van der Waals surface area contributed by atoms with Gasteiger partial charge in [-0.2, -0.15) is 0 Å². The fourth-order valence-corrected chi connectivity index (χ4v) is 1.21. The van der Waals surface area contributed by atoms with Gasteiger partial charge in [-0.1, -0.05) is 0 Å². The molecule has 0 atom stereocenters. The molecule has 0 unspecified atom stereocenters. The predicted molar refractivity (Wildman–Crippen MR) is 52.3 cm³/mol. The second-order valence-corrected chi connectivity index (χ2v) is 2.85. The number of nitrogens with one attached hydrogen (secondary N) is 1. The number of aromatic nitrogens is 4. The normalized spacial score (nSPS) is 10.1. The quantitative estimate of drug-likeness (QED) is 0.554. The van der Waals surface area contributed by atoms with Crippen LogP contribution in [0.3, 0.4) is 0 Å². The fourth-order valence-electron chi connectivity index (χ4n) is 1.21. The van der Waals surface area contributed by atoms with Crippen molar-refractivity contribution in [2.24, 2.45) is 14.1 Å². The number of nitrogens with zero attached hydrogens (tertiary/aromatic N) is 3. The zero-order chi connectivity index (χ0) is 9.59. The molecule has 2 aromatic rings. The van der Waals surface area contributed by atoms with Crippen molar-refractivity contribution in [2.75, 3.05) is 0 Å². The molecule has 2 aromatic heterocycles. The first-order valence-electron chi connectivity index (χ1n) is 3.71. The van der Waals surface area contributed by atoms with E-state index < -0.39 is 5.69 Å². The summed E-state index contributed by atoms with van der Waals surface area (Å²) in [5.41, 5.74) is -0.0485. The van der Waals surface area contributed by atoms with Crippen LogP contribution in [0, 0.1) is 0 Å². The number of hydrogen-bond acceptors (Lipinski definition) is 3. The number of H-pyrrole nitrogens is 1. The smallest absolute Gasteiger partial charge is 0.328 e. The Labute approximate surface area is 109 Å². The van der Waals surface area contributed by atoms with Crippen LogP contribution in [0.5, 0.6) is 0 Å². The van der Waals surface area contributed by atoms with E-state index >= 15 is 0 Å². The van der Waals surface area contributed by atoms with Gasteiger partial charge in [0.2, 0.25) is 0 Å². The maximum atomic E-state index is 11.5. The van der Waals surface area contributed by atoms with Gasteiger partial charge in [-0.05, 0) is 0 Å². The van der Waals surface area contributed by atoms with Gasteiger partial charge in [0.15, 0.2) is 11.2 Å². The van der Waals surface area contributed by atoms with Gasteiger partial charge >= 0.3 is 5.69 Å². The van der Waals surface area contributed by atoms with E-state index in [1.807, 2.05) is 0 Å². The van der Waals surface area contributed by atoms with Crippen LogP contribution < -0.4 is 11.2 Å². The first-order chi connectivity index (χ1) is 6.11.